The highest BCUT2D eigenvalue weighted by Gasteiger charge is 2.35. The van der Waals surface area contributed by atoms with Crippen molar-refractivity contribution in [3.05, 3.63) is 21.7 Å². The first-order valence-electron chi connectivity index (χ1n) is 7.68. The number of rotatable bonds is 4. The van der Waals surface area contributed by atoms with E-state index in [0.717, 1.165) is 34.4 Å². The molecule has 3 nitrogen and oxygen atoms in total. The zero-order valence-electron chi connectivity index (χ0n) is 13.5. The molecule has 0 radical (unpaired) electrons. The molecule has 1 aliphatic carbocycles. The van der Waals surface area contributed by atoms with Crippen molar-refractivity contribution in [2.24, 2.45) is 5.73 Å². The standard InChI is InChI=1S/C17H26BrNO2/c1-11(2)12-10-13(17(19)8-6-5-7-9-17)16(21-4)14(18)15(12)20-3/h10-11H,5-9,19H2,1-4H3. The van der Waals surface area contributed by atoms with E-state index in [1.807, 2.05) is 0 Å². The van der Waals surface area contributed by atoms with Crippen molar-refractivity contribution >= 4 is 15.9 Å². The van der Waals surface area contributed by atoms with E-state index in [9.17, 15) is 0 Å². The zero-order valence-corrected chi connectivity index (χ0v) is 15.0. The molecule has 0 spiro atoms. The van der Waals surface area contributed by atoms with Gasteiger partial charge in [0.25, 0.3) is 0 Å². The third-order valence-corrected chi connectivity index (χ3v) is 5.24. The van der Waals surface area contributed by atoms with Gasteiger partial charge in [0.2, 0.25) is 0 Å². The lowest BCUT2D eigenvalue weighted by atomic mass is 9.76. The molecule has 0 bridgehead atoms. The molecule has 4 heteroatoms. The first-order valence-corrected chi connectivity index (χ1v) is 8.47. The fourth-order valence-corrected chi connectivity index (χ4v) is 4.06. The minimum atomic E-state index is -0.290. The van der Waals surface area contributed by atoms with Crippen molar-refractivity contribution < 1.29 is 9.47 Å². The minimum Gasteiger partial charge on any atom is -0.495 e. The van der Waals surface area contributed by atoms with Crippen molar-refractivity contribution in [2.75, 3.05) is 14.2 Å². The van der Waals surface area contributed by atoms with Crippen molar-refractivity contribution in [3.63, 3.8) is 0 Å². The highest BCUT2D eigenvalue weighted by atomic mass is 79.9. The number of methoxy groups -OCH3 is 2. The zero-order chi connectivity index (χ0) is 15.6. The van der Waals surface area contributed by atoms with Gasteiger partial charge in [-0.1, -0.05) is 33.1 Å². The minimum absolute atomic E-state index is 0.290. The predicted molar refractivity (Wildman–Crippen MR) is 90.3 cm³/mol. The Balaban J connectivity index is 2.64. The highest BCUT2D eigenvalue weighted by molar-refractivity contribution is 9.10. The predicted octanol–water partition coefficient (Wildman–Crippen LogP) is 4.71. The van der Waals surface area contributed by atoms with Crippen LogP contribution in [-0.2, 0) is 5.54 Å². The van der Waals surface area contributed by atoms with Gasteiger partial charge in [0, 0.05) is 11.1 Å². The summed E-state index contributed by atoms with van der Waals surface area (Å²) >= 11 is 3.66. The monoisotopic (exact) mass is 355 g/mol. The number of nitrogens with two attached hydrogens (primary N) is 1. The lowest BCUT2D eigenvalue weighted by Crippen LogP contribution is -2.39. The van der Waals surface area contributed by atoms with Gasteiger partial charge in [-0.05, 0) is 46.3 Å². The van der Waals surface area contributed by atoms with E-state index >= 15 is 0 Å². The third-order valence-electron chi connectivity index (χ3n) is 4.52. The van der Waals surface area contributed by atoms with Gasteiger partial charge in [-0.15, -0.1) is 0 Å². The van der Waals surface area contributed by atoms with Gasteiger partial charge in [0.1, 0.15) is 16.0 Å². The normalized spacial score (nSPS) is 17.9. The van der Waals surface area contributed by atoms with Crippen molar-refractivity contribution in [1.82, 2.24) is 0 Å². The first kappa shape index (κ1) is 16.6. The van der Waals surface area contributed by atoms with E-state index < -0.39 is 0 Å². The number of benzene rings is 1. The van der Waals surface area contributed by atoms with Crippen LogP contribution in [0.1, 0.15) is 63.0 Å². The summed E-state index contributed by atoms with van der Waals surface area (Å²) in [5.41, 5.74) is 8.74. The summed E-state index contributed by atoms with van der Waals surface area (Å²) in [6.45, 7) is 4.34. The number of hydrogen-bond acceptors (Lipinski definition) is 3. The van der Waals surface area contributed by atoms with Crippen LogP contribution in [0.5, 0.6) is 11.5 Å². The second-order valence-corrected chi connectivity index (χ2v) is 7.06. The smallest absolute Gasteiger partial charge is 0.141 e. The van der Waals surface area contributed by atoms with Crippen LogP contribution in [0.2, 0.25) is 0 Å². The molecular formula is C17H26BrNO2. The van der Waals surface area contributed by atoms with Crippen LogP contribution in [0.15, 0.2) is 10.5 Å². The van der Waals surface area contributed by atoms with Crippen LogP contribution >= 0.6 is 15.9 Å². The molecule has 0 heterocycles. The highest BCUT2D eigenvalue weighted by Crippen LogP contribution is 2.48. The topological polar surface area (TPSA) is 44.5 Å². The van der Waals surface area contributed by atoms with E-state index in [2.05, 4.69) is 35.8 Å². The van der Waals surface area contributed by atoms with Gasteiger partial charge in [-0.25, -0.2) is 0 Å². The van der Waals surface area contributed by atoms with Gasteiger partial charge in [-0.3, -0.25) is 0 Å². The molecule has 1 saturated carbocycles. The van der Waals surface area contributed by atoms with Gasteiger partial charge >= 0.3 is 0 Å². The number of halogens is 1. The molecule has 2 rings (SSSR count). The SMILES string of the molecule is COc1c(C(C)C)cc(C2(N)CCCCC2)c(OC)c1Br. The Morgan fingerprint density at radius 3 is 2.14 bits per heavy atom. The molecule has 1 fully saturated rings. The van der Waals surface area contributed by atoms with Crippen LogP contribution in [-0.4, -0.2) is 14.2 Å². The Kier molecular flexibility index (Phi) is 5.20. The first-order chi connectivity index (χ1) is 9.94. The lowest BCUT2D eigenvalue weighted by molar-refractivity contribution is 0.286. The second-order valence-electron chi connectivity index (χ2n) is 6.27. The summed E-state index contributed by atoms with van der Waals surface area (Å²) in [5.74, 6) is 2.04. The summed E-state index contributed by atoms with van der Waals surface area (Å²) in [5, 5.41) is 0. The van der Waals surface area contributed by atoms with Gasteiger partial charge in [0.15, 0.2) is 0 Å². The second kappa shape index (κ2) is 6.57. The van der Waals surface area contributed by atoms with Crippen molar-refractivity contribution in [3.8, 4) is 11.5 Å². The largest absolute Gasteiger partial charge is 0.495 e. The van der Waals surface area contributed by atoms with Crippen LogP contribution in [0.3, 0.4) is 0 Å². The molecular weight excluding hydrogens is 330 g/mol. The molecule has 0 atom stereocenters. The Bertz CT molecular complexity index is 508. The van der Waals surface area contributed by atoms with Gasteiger partial charge < -0.3 is 15.2 Å². The molecule has 0 saturated heterocycles. The van der Waals surface area contributed by atoms with Crippen LogP contribution in [0, 0.1) is 0 Å². The fourth-order valence-electron chi connectivity index (χ4n) is 3.29. The molecule has 0 aromatic heterocycles. The lowest BCUT2D eigenvalue weighted by Gasteiger charge is -2.36. The number of ether oxygens (including phenoxy) is 2. The molecule has 1 aromatic carbocycles. The Morgan fingerprint density at radius 1 is 1.10 bits per heavy atom. The molecule has 2 N–H and O–H groups in total. The quantitative estimate of drug-likeness (QED) is 0.850. The van der Waals surface area contributed by atoms with E-state index in [4.69, 9.17) is 15.2 Å². The maximum absolute atomic E-state index is 6.74. The Hall–Kier alpha value is -0.740. The summed E-state index contributed by atoms with van der Waals surface area (Å²) in [6.07, 6.45) is 5.66. The molecule has 1 aromatic rings. The fraction of sp³-hybridized carbons (Fsp3) is 0.647. The number of hydrogen-bond donors (Lipinski definition) is 1. The summed E-state index contributed by atoms with van der Waals surface area (Å²) in [6, 6.07) is 2.19. The maximum atomic E-state index is 6.74. The summed E-state index contributed by atoms with van der Waals surface area (Å²) in [7, 11) is 3.40. The molecule has 118 valence electrons. The van der Waals surface area contributed by atoms with E-state index in [1.165, 1.54) is 24.8 Å². The van der Waals surface area contributed by atoms with Gasteiger partial charge in [-0.2, -0.15) is 0 Å². The average Bonchev–Trinajstić information content (AvgIpc) is 2.46. The molecule has 0 amide bonds. The van der Waals surface area contributed by atoms with Crippen LogP contribution < -0.4 is 15.2 Å². The Labute approximate surface area is 136 Å². The average molecular weight is 356 g/mol. The van der Waals surface area contributed by atoms with Gasteiger partial charge in [0.05, 0.1) is 14.2 Å². The molecule has 21 heavy (non-hydrogen) atoms. The molecule has 1 aliphatic rings. The summed E-state index contributed by atoms with van der Waals surface area (Å²) in [4.78, 5) is 0. The van der Waals surface area contributed by atoms with E-state index in [-0.39, 0.29) is 5.54 Å². The maximum Gasteiger partial charge on any atom is 0.141 e. The molecule has 0 aliphatic heterocycles. The van der Waals surface area contributed by atoms with E-state index in [1.54, 1.807) is 14.2 Å². The van der Waals surface area contributed by atoms with Crippen LogP contribution in [0.4, 0.5) is 0 Å². The van der Waals surface area contributed by atoms with Crippen molar-refractivity contribution in [1.29, 1.82) is 0 Å². The van der Waals surface area contributed by atoms with E-state index in [0.29, 0.717) is 5.92 Å². The molecule has 0 unspecified atom stereocenters. The van der Waals surface area contributed by atoms with Crippen LogP contribution in [0.25, 0.3) is 0 Å². The summed E-state index contributed by atoms with van der Waals surface area (Å²) < 4.78 is 12.1. The Morgan fingerprint density at radius 2 is 1.67 bits per heavy atom. The van der Waals surface area contributed by atoms with Crippen molar-refractivity contribution in [2.45, 2.75) is 57.4 Å². The third kappa shape index (κ3) is 3.07.